The number of hydrogen-bond acceptors (Lipinski definition) is 2. The second-order valence-corrected chi connectivity index (χ2v) is 5.74. The maximum absolute atomic E-state index is 11.6. The third-order valence-corrected chi connectivity index (χ3v) is 3.78. The Balaban J connectivity index is 4.39. The zero-order valence-electron chi connectivity index (χ0n) is 8.25. The smallest absolute Gasteiger partial charge is 0.200 e. The molecule has 0 aromatic carbocycles. The van der Waals surface area contributed by atoms with Crippen molar-refractivity contribution in [1.29, 1.82) is 0 Å². The van der Waals surface area contributed by atoms with Crippen LogP contribution in [0.4, 0.5) is 0 Å². The van der Waals surface area contributed by atoms with Gasteiger partial charge in [-0.1, -0.05) is 29.5 Å². The highest BCUT2D eigenvalue weighted by molar-refractivity contribution is 14.1. The summed E-state index contributed by atoms with van der Waals surface area (Å²) in [5.74, 6) is 0. The summed E-state index contributed by atoms with van der Waals surface area (Å²) in [6, 6.07) is -0.0479. The first-order valence-corrected chi connectivity index (χ1v) is 7.24. The van der Waals surface area contributed by atoms with Crippen LogP contribution in [0.15, 0.2) is 0 Å². The van der Waals surface area contributed by atoms with Gasteiger partial charge >= 0.3 is 0 Å². The summed E-state index contributed by atoms with van der Waals surface area (Å²) in [6.45, 7) is 6.56. The van der Waals surface area contributed by atoms with Gasteiger partial charge in [-0.15, -0.1) is 0 Å². The van der Waals surface area contributed by atoms with Crippen molar-refractivity contribution >= 4 is 32.8 Å². The van der Waals surface area contributed by atoms with E-state index >= 15 is 0 Å². The molecular weight excluding hydrogens is 303 g/mol. The van der Waals surface area contributed by atoms with E-state index in [4.69, 9.17) is 0 Å². The molecule has 0 bridgehead atoms. The molecule has 0 rings (SSSR count). The standard InChI is InChI=1S/C7H17IN2O2S/c1-4-10(6-5-8)13(11,12)9-7(2)3/h7,9H,4-6H2,1-3H3. The van der Waals surface area contributed by atoms with Crippen molar-refractivity contribution in [2.45, 2.75) is 26.8 Å². The quantitative estimate of drug-likeness (QED) is 0.586. The van der Waals surface area contributed by atoms with E-state index in [-0.39, 0.29) is 6.04 Å². The Bertz CT molecular complexity index is 229. The first kappa shape index (κ1) is 13.6. The largest absolute Gasteiger partial charge is 0.279 e. The summed E-state index contributed by atoms with van der Waals surface area (Å²) in [7, 11) is -3.26. The van der Waals surface area contributed by atoms with Crippen LogP contribution in [0.25, 0.3) is 0 Å². The van der Waals surface area contributed by atoms with E-state index < -0.39 is 10.2 Å². The van der Waals surface area contributed by atoms with Gasteiger partial charge in [0.25, 0.3) is 10.2 Å². The highest BCUT2D eigenvalue weighted by atomic mass is 127. The topological polar surface area (TPSA) is 49.4 Å². The summed E-state index contributed by atoms with van der Waals surface area (Å²) in [6.07, 6.45) is 0. The van der Waals surface area contributed by atoms with E-state index in [0.29, 0.717) is 13.1 Å². The Hall–Kier alpha value is 0.600. The summed E-state index contributed by atoms with van der Waals surface area (Å²) < 4.78 is 28.0. The second kappa shape index (κ2) is 6.15. The Labute approximate surface area is 94.4 Å². The minimum absolute atomic E-state index is 0.0479. The molecule has 0 heterocycles. The number of nitrogens with one attached hydrogen (secondary N) is 1. The van der Waals surface area contributed by atoms with Gasteiger partial charge < -0.3 is 0 Å². The summed E-state index contributed by atoms with van der Waals surface area (Å²) in [5, 5.41) is 0. The lowest BCUT2D eigenvalue weighted by atomic mass is 10.4. The van der Waals surface area contributed by atoms with Crippen molar-refractivity contribution in [3.05, 3.63) is 0 Å². The van der Waals surface area contributed by atoms with E-state index in [0.717, 1.165) is 4.43 Å². The van der Waals surface area contributed by atoms with Gasteiger partial charge in [0.15, 0.2) is 0 Å². The predicted octanol–water partition coefficient (Wildman–Crippen LogP) is 0.986. The summed E-state index contributed by atoms with van der Waals surface area (Å²) in [4.78, 5) is 0. The van der Waals surface area contributed by atoms with E-state index in [1.54, 1.807) is 0 Å². The Kier molecular flexibility index (Phi) is 6.44. The third kappa shape index (κ3) is 5.14. The average molecular weight is 320 g/mol. The second-order valence-electron chi connectivity index (χ2n) is 2.96. The van der Waals surface area contributed by atoms with Crippen molar-refractivity contribution in [1.82, 2.24) is 9.03 Å². The fourth-order valence-electron chi connectivity index (χ4n) is 0.915. The molecule has 0 spiro atoms. The lowest BCUT2D eigenvalue weighted by Crippen LogP contribution is -2.44. The maximum atomic E-state index is 11.6. The SMILES string of the molecule is CCN(CCI)S(=O)(=O)NC(C)C. The van der Waals surface area contributed by atoms with Crippen molar-refractivity contribution in [2.75, 3.05) is 17.5 Å². The van der Waals surface area contributed by atoms with Crippen molar-refractivity contribution in [3.63, 3.8) is 0 Å². The van der Waals surface area contributed by atoms with Crippen LogP contribution in [0.2, 0.25) is 0 Å². The van der Waals surface area contributed by atoms with Crippen LogP contribution in [0.3, 0.4) is 0 Å². The van der Waals surface area contributed by atoms with Gasteiger partial charge in [-0.3, -0.25) is 0 Å². The molecule has 0 atom stereocenters. The molecule has 0 aliphatic heterocycles. The molecule has 6 heteroatoms. The fourth-order valence-corrected chi connectivity index (χ4v) is 3.24. The normalized spacial score (nSPS) is 12.8. The van der Waals surface area contributed by atoms with Gasteiger partial charge in [-0.05, 0) is 13.8 Å². The molecule has 4 nitrogen and oxygen atoms in total. The van der Waals surface area contributed by atoms with Gasteiger partial charge in [-0.2, -0.15) is 17.4 Å². The number of hydrogen-bond donors (Lipinski definition) is 1. The first-order chi connectivity index (χ1) is 5.94. The molecule has 0 radical (unpaired) electrons. The summed E-state index contributed by atoms with van der Waals surface area (Å²) >= 11 is 2.17. The molecule has 0 saturated carbocycles. The van der Waals surface area contributed by atoms with Gasteiger partial charge in [0.05, 0.1) is 0 Å². The Morgan fingerprint density at radius 1 is 1.46 bits per heavy atom. The highest BCUT2D eigenvalue weighted by Gasteiger charge is 2.19. The van der Waals surface area contributed by atoms with Crippen LogP contribution in [-0.2, 0) is 10.2 Å². The van der Waals surface area contributed by atoms with Crippen LogP contribution < -0.4 is 4.72 Å². The fraction of sp³-hybridized carbons (Fsp3) is 1.00. The molecular formula is C7H17IN2O2S. The van der Waals surface area contributed by atoms with Crippen LogP contribution in [0.1, 0.15) is 20.8 Å². The highest BCUT2D eigenvalue weighted by Crippen LogP contribution is 2.00. The average Bonchev–Trinajstić information content (AvgIpc) is 1.97. The minimum Gasteiger partial charge on any atom is -0.200 e. The molecule has 0 aliphatic rings. The maximum Gasteiger partial charge on any atom is 0.279 e. The Morgan fingerprint density at radius 3 is 2.31 bits per heavy atom. The molecule has 0 fully saturated rings. The number of nitrogens with zero attached hydrogens (tertiary/aromatic N) is 1. The van der Waals surface area contributed by atoms with Crippen LogP contribution in [0.5, 0.6) is 0 Å². The van der Waals surface area contributed by atoms with Crippen LogP contribution >= 0.6 is 22.6 Å². The van der Waals surface area contributed by atoms with Crippen molar-refractivity contribution < 1.29 is 8.42 Å². The van der Waals surface area contributed by atoms with E-state index in [1.165, 1.54) is 4.31 Å². The van der Waals surface area contributed by atoms with Gasteiger partial charge in [0.1, 0.15) is 0 Å². The Morgan fingerprint density at radius 2 is 2.00 bits per heavy atom. The third-order valence-electron chi connectivity index (χ3n) is 1.41. The lowest BCUT2D eigenvalue weighted by molar-refractivity contribution is 0.434. The van der Waals surface area contributed by atoms with E-state index in [9.17, 15) is 8.42 Å². The zero-order chi connectivity index (χ0) is 10.5. The van der Waals surface area contributed by atoms with E-state index in [1.807, 2.05) is 20.8 Å². The van der Waals surface area contributed by atoms with Gasteiger partial charge in [0, 0.05) is 23.6 Å². The van der Waals surface area contributed by atoms with Gasteiger partial charge in [-0.25, -0.2) is 0 Å². The molecule has 0 aliphatic carbocycles. The first-order valence-electron chi connectivity index (χ1n) is 4.27. The number of alkyl halides is 1. The molecule has 0 aromatic heterocycles. The molecule has 0 amide bonds. The monoisotopic (exact) mass is 320 g/mol. The van der Waals surface area contributed by atoms with Crippen molar-refractivity contribution in [2.24, 2.45) is 0 Å². The number of rotatable bonds is 6. The zero-order valence-corrected chi connectivity index (χ0v) is 11.2. The molecule has 13 heavy (non-hydrogen) atoms. The minimum atomic E-state index is -3.26. The van der Waals surface area contributed by atoms with E-state index in [2.05, 4.69) is 27.3 Å². The number of halogens is 1. The van der Waals surface area contributed by atoms with Crippen LogP contribution in [0, 0.1) is 0 Å². The lowest BCUT2D eigenvalue weighted by Gasteiger charge is -2.21. The molecule has 0 aromatic rings. The van der Waals surface area contributed by atoms with Crippen molar-refractivity contribution in [3.8, 4) is 0 Å². The molecule has 1 N–H and O–H groups in total. The predicted molar refractivity (Wildman–Crippen MR) is 63.3 cm³/mol. The molecule has 80 valence electrons. The molecule has 0 unspecified atom stereocenters. The molecule has 0 saturated heterocycles. The summed E-state index contributed by atoms with van der Waals surface area (Å²) in [5.41, 5.74) is 0. The van der Waals surface area contributed by atoms with Crippen LogP contribution in [-0.4, -0.2) is 36.3 Å². The van der Waals surface area contributed by atoms with Gasteiger partial charge in [0.2, 0.25) is 0 Å².